The number of aryl methyl sites for hydroxylation is 1. The van der Waals surface area contributed by atoms with Crippen LogP contribution in [0.5, 0.6) is 0 Å². The first-order valence-corrected chi connectivity index (χ1v) is 6.07. The molecule has 0 aliphatic rings. The highest BCUT2D eigenvalue weighted by Crippen LogP contribution is 2.07. The third-order valence-electron chi connectivity index (χ3n) is 2.44. The summed E-state index contributed by atoms with van der Waals surface area (Å²) in [5.41, 5.74) is 1.57. The van der Waals surface area contributed by atoms with E-state index in [0.717, 1.165) is 11.3 Å². The van der Waals surface area contributed by atoms with Crippen LogP contribution in [0.1, 0.15) is 27.6 Å². The Labute approximate surface area is 110 Å². The first-order valence-electron chi connectivity index (χ1n) is 5.53. The zero-order chi connectivity index (χ0) is 13.0. The molecule has 1 aromatic carbocycles. The van der Waals surface area contributed by atoms with Gasteiger partial charge in [0.1, 0.15) is 5.76 Å². The first kappa shape index (κ1) is 12.6. The molecule has 0 fully saturated rings. The minimum Gasteiger partial charge on any atom is -0.444 e. The summed E-state index contributed by atoms with van der Waals surface area (Å²) >= 11 is 5.68. The van der Waals surface area contributed by atoms with E-state index in [0.29, 0.717) is 17.3 Å². The Morgan fingerprint density at radius 1 is 1.39 bits per heavy atom. The summed E-state index contributed by atoms with van der Waals surface area (Å²) in [6.45, 7) is 2.09. The van der Waals surface area contributed by atoms with Gasteiger partial charge in [0.15, 0.2) is 0 Å². The van der Waals surface area contributed by atoms with Crippen LogP contribution >= 0.6 is 11.6 Å². The molecule has 0 atom stereocenters. The van der Waals surface area contributed by atoms with Gasteiger partial charge in [0.2, 0.25) is 5.89 Å². The van der Waals surface area contributed by atoms with Crippen molar-refractivity contribution >= 4 is 17.5 Å². The second-order valence-corrected chi connectivity index (χ2v) is 4.15. The van der Waals surface area contributed by atoms with Gasteiger partial charge in [-0.25, -0.2) is 4.98 Å². The SMILES string of the molecule is Cc1cnc(CNC(=O)c2ccc(CCl)cc2)o1. The quantitative estimate of drug-likeness (QED) is 0.864. The van der Waals surface area contributed by atoms with Crippen molar-refractivity contribution in [3.63, 3.8) is 0 Å². The fourth-order valence-electron chi connectivity index (χ4n) is 1.49. The predicted molar refractivity (Wildman–Crippen MR) is 68.4 cm³/mol. The normalized spacial score (nSPS) is 10.3. The third-order valence-corrected chi connectivity index (χ3v) is 2.75. The Balaban J connectivity index is 1.94. The third kappa shape index (κ3) is 3.11. The highest BCUT2D eigenvalue weighted by Gasteiger charge is 2.07. The van der Waals surface area contributed by atoms with Gasteiger partial charge in [0.05, 0.1) is 12.7 Å². The van der Waals surface area contributed by atoms with Crippen LogP contribution in [-0.2, 0) is 12.4 Å². The fourth-order valence-corrected chi connectivity index (χ4v) is 1.66. The highest BCUT2D eigenvalue weighted by atomic mass is 35.5. The molecular weight excluding hydrogens is 252 g/mol. The Kier molecular flexibility index (Phi) is 3.99. The molecule has 5 heteroatoms. The molecule has 1 heterocycles. The number of carbonyl (C=O) groups is 1. The van der Waals surface area contributed by atoms with E-state index in [1.807, 2.05) is 19.1 Å². The number of benzene rings is 1. The maximum atomic E-state index is 11.8. The van der Waals surface area contributed by atoms with Gasteiger partial charge in [-0.1, -0.05) is 12.1 Å². The number of aromatic nitrogens is 1. The van der Waals surface area contributed by atoms with E-state index in [4.69, 9.17) is 16.0 Å². The molecule has 0 spiro atoms. The minimum absolute atomic E-state index is 0.160. The van der Waals surface area contributed by atoms with Crippen LogP contribution in [0.25, 0.3) is 0 Å². The minimum atomic E-state index is -0.160. The Morgan fingerprint density at radius 3 is 2.67 bits per heavy atom. The molecule has 1 N–H and O–H groups in total. The molecule has 0 saturated carbocycles. The summed E-state index contributed by atoms with van der Waals surface area (Å²) < 4.78 is 5.26. The zero-order valence-corrected chi connectivity index (χ0v) is 10.7. The van der Waals surface area contributed by atoms with Crippen LogP contribution in [0.2, 0.25) is 0 Å². The summed E-state index contributed by atoms with van der Waals surface area (Å²) in [5, 5.41) is 2.74. The highest BCUT2D eigenvalue weighted by molar-refractivity contribution is 6.17. The first-order chi connectivity index (χ1) is 8.69. The fraction of sp³-hybridized carbons (Fsp3) is 0.231. The number of halogens is 1. The van der Waals surface area contributed by atoms with Crippen LogP contribution < -0.4 is 5.32 Å². The van der Waals surface area contributed by atoms with Crippen LogP contribution in [-0.4, -0.2) is 10.9 Å². The van der Waals surface area contributed by atoms with Crippen molar-refractivity contribution in [3.05, 3.63) is 53.2 Å². The standard InChI is InChI=1S/C13H13ClN2O2/c1-9-7-15-12(18-9)8-16-13(17)11-4-2-10(6-14)3-5-11/h2-5,7H,6,8H2,1H3,(H,16,17). The van der Waals surface area contributed by atoms with E-state index in [9.17, 15) is 4.79 Å². The van der Waals surface area contributed by atoms with Crippen molar-refractivity contribution in [2.24, 2.45) is 0 Å². The van der Waals surface area contributed by atoms with E-state index < -0.39 is 0 Å². The lowest BCUT2D eigenvalue weighted by Crippen LogP contribution is -2.22. The van der Waals surface area contributed by atoms with Gasteiger partial charge in [-0.05, 0) is 24.6 Å². The van der Waals surface area contributed by atoms with Crippen molar-refractivity contribution in [1.29, 1.82) is 0 Å². The number of hydrogen-bond acceptors (Lipinski definition) is 3. The van der Waals surface area contributed by atoms with Gasteiger partial charge < -0.3 is 9.73 Å². The van der Waals surface area contributed by atoms with Crippen molar-refractivity contribution in [3.8, 4) is 0 Å². The molecule has 1 aromatic heterocycles. The monoisotopic (exact) mass is 264 g/mol. The Hall–Kier alpha value is -1.81. The van der Waals surface area contributed by atoms with Gasteiger partial charge in [-0.2, -0.15) is 0 Å². The van der Waals surface area contributed by atoms with Crippen molar-refractivity contribution in [1.82, 2.24) is 10.3 Å². The number of hydrogen-bond donors (Lipinski definition) is 1. The van der Waals surface area contributed by atoms with Gasteiger partial charge in [0.25, 0.3) is 5.91 Å². The summed E-state index contributed by atoms with van der Waals surface area (Å²) in [5.74, 6) is 1.51. The average molecular weight is 265 g/mol. The van der Waals surface area contributed by atoms with Crippen LogP contribution in [0, 0.1) is 6.92 Å². The van der Waals surface area contributed by atoms with Crippen molar-refractivity contribution < 1.29 is 9.21 Å². The van der Waals surface area contributed by atoms with E-state index >= 15 is 0 Å². The number of nitrogens with one attached hydrogen (secondary N) is 1. The molecule has 4 nitrogen and oxygen atoms in total. The molecule has 2 aromatic rings. The lowest BCUT2D eigenvalue weighted by Gasteiger charge is -2.03. The lowest BCUT2D eigenvalue weighted by molar-refractivity contribution is 0.0947. The predicted octanol–water partition coefficient (Wildman–Crippen LogP) is 2.65. The van der Waals surface area contributed by atoms with Gasteiger partial charge in [-0.15, -0.1) is 11.6 Å². The Bertz CT molecular complexity index is 534. The zero-order valence-electron chi connectivity index (χ0n) is 9.94. The van der Waals surface area contributed by atoms with Crippen LogP contribution in [0.3, 0.4) is 0 Å². The maximum Gasteiger partial charge on any atom is 0.251 e. The summed E-state index contributed by atoms with van der Waals surface area (Å²) in [6, 6.07) is 7.15. The number of alkyl halides is 1. The molecule has 0 aliphatic heterocycles. The summed E-state index contributed by atoms with van der Waals surface area (Å²) in [4.78, 5) is 15.8. The summed E-state index contributed by atoms with van der Waals surface area (Å²) in [6.07, 6.45) is 1.62. The smallest absolute Gasteiger partial charge is 0.251 e. The number of rotatable bonds is 4. The molecule has 0 unspecified atom stereocenters. The molecule has 0 radical (unpaired) electrons. The molecule has 1 amide bonds. The van der Waals surface area contributed by atoms with Crippen LogP contribution in [0.15, 0.2) is 34.9 Å². The van der Waals surface area contributed by atoms with Gasteiger partial charge in [0, 0.05) is 11.4 Å². The molecule has 18 heavy (non-hydrogen) atoms. The molecule has 0 saturated heterocycles. The van der Waals surface area contributed by atoms with Crippen molar-refractivity contribution in [2.45, 2.75) is 19.3 Å². The number of nitrogens with zero attached hydrogens (tertiary/aromatic N) is 1. The number of carbonyl (C=O) groups excluding carboxylic acids is 1. The van der Waals surface area contributed by atoms with E-state index in [1.165, 1.54) is 0 Å². The number of oxazole rings is 1. The van der Waals surface area contributed by atoms with E-state index in [2.05, 4.69) is 10.3 Å². The molecule has 0 bridgehead atoms. The van der Waals surface area contributed by atoms with E-state index in [1.54, 1.807) is 18.3 Å². The Morgan fingerprint density at radius 2 is 2.11 bits per heavy atom. The maximum absolute atomic E-state index is 11.8. The molecule has 0 aliphatic carbocycles. The molecule has 94 valence electrons. The summed E-state index contributed by atoms with van der Waals surface area (Å²) in [7, 11) is 0. The second kappa shape index (κ2) is 5.69. The lowest BCUT2D eigenvalue weighted by atomic mass is 10.1. The van der Waals surface area contributed by atoms with Crippen LogP contribution in [0.4, 0.5) is 0 Å². The van der Waals surface area contributed by atoms with Crippen molar-refractivity contribution in [2.75, 3.05) is 0 Å². The van der Waals surface area contributed by atoms with E-state index in [-0.39, 0.29) is 12.5 Å². The van der Waals surface area contributed by atoms with Gasteiger partial charge in [-0.3, -0.25) is 4.79 Å². The molecular formula is C13H13ClN2O2. The number of amides is 1. The largest absolute Gasteiger partial charge is 0.444 e. The van der Waals surface area contributed by atoms with Gasteiger partial charge >= 0.3 is 0 Å². The topological polar surface area (TPSA) is 55.1 Å². The second-order valence-electron chi connectivity index (χ2n) is 3.88. The average Bonchev–Trinajstić information content (AvgIpc) is 2.82. The molecule has 2 rings (SSSR count).